The first-order valence-electron chi connectivity index (χ1n) is 25.8. The third kappa shape index (κ3) is 13.6. The van der Waals surface area contributed by atoms with Crippen molar-refractivity contribution in [3.05, 3.63) is 216 Å². The van der Waals surface area contributed by atoms with E-state index in [9.17, 15) is 33.2 Å². The Morgan fingerprint density at radius 3 is 1.59 bits per heavy atom. The first-order valence-corrected chi connectivity index (χ1v) is 26.6. The molecule has 416 valence electrons. The number of allylic oxidation sites excluding steroid dienone is 4. The van der Waals surface area contributed by atoms with Crippen LogP contribution in [0.5, 0.6) is 11.5 Å². The molecule has 0 saturated heterocycles. The minimum Gasteiger partial charge on any atom is -0.495 e. The zero-order chi connectivity index (χ0) is 58.1. The fourth-order valence-corrected chi connectivity index (χ4v) is 11.4. The number of halogens is 4. The van der Waals surface area contributed by atoms with Gasteiger partial charge in [0.25, 0.3) is 23.6 Å². The largest absolute Gasteiger partial charge is 1.00 e. The molecule has 7 aromatic rings. The molecule has 2 aliphatic heterocycles. The van der Waals surface area contributed by atoms with E-state index in [1.165, 1.54) is 43.4 Å². The number of nitrogens with zero attached hydrogens (tertiary/aromatic N) is 9. The summed E-state index contributed by atoms with van der Waals surface area (Å²) in [5.41, 5.74) is 20.4. The summed E-state index contributed by atoms with van der Waals surface area (Å²) in [6.07, 6.45) is 10.9. The molecule has 6 aromatic carbocycles. The topological polar surface area (TPSA) is 254 Å². The molecule has 0 unspecified atom stereocenters. The summed E-state index contributed by atoms with van der Waals surface area (Å²) in [5.74, 6) is -1.53. The van der Waals surface area contributed by atoms with E-state index >= 15 is 0 Å². The van der Waals surface area contributed by atoms with Gasteiger partial charge in [0, 0.05) is 41.2 Å². The quantitative estimate of drug-likeness (QED) is 0.0533. The van der Waals surface area contributed by atoms with Crippen LogP contribution in [0.2, 0.25) is 10.0 Å². The Bertz CT molecular complexity index is 3780. The van der Waals surface area contributed by atoms with Crippen molar-refractivity contribution >= 4 is 75.2 Å². The molecule has 2 aliphatic carbocycles. The molecule has 11 rings (SSSR count). The number of rotatable bonds is 9. The molecule has 0 fully saturated rings. The number of benzene rings is 6. The van der Waals surface area contributed by atoms with Gasteiger partial charge in [0.2, 0.25) is 0 Å². The average Bonchev–Trinajstić information content (AvgIpc) is 4.39. The maximum atomic E-state index is 14.0. The molecular weight excluding hydrogens is 1120 g/mol. The van der Waals surface area contributed by atoms with Gasteiger partial charge in [-0.1, -0.05) is 71.8 Å². The number of para-hydroxylation sites is 2. The Morgan fingerprint density at radius 1 is 0.675 bits per heavy atom. The number of ether oxygens (including phenoxy) is 2. The van der Waals surface area contributed by atoms with Gasteiger partial charge in [-0.05, 0) is 169 Å². The number of aromatic nitrogens is 4. The molecule has 4 amide bonds. The van der Waals surface area contributed by atoms with Gasteiger partial charge < -0.3 is 41.0 Å². The number of hydrogen-bond acceptors (Lipinski definition) is 10. The molecule has 18 nitrogen and oxygen atoms in total. The molecular formula is C60H51Cl2F2N12NaO6. The smallest absolute Gasteiger partial charge is 0.495 e. The standard InChI is InChI=1S/C30H26ClFN6O3.C30H25ClFN3O3.N3.Na/c1-41-26-14-18(6-9-24(26)33-28(39)22-15-21(32)7-8-23(22)31)29(40)38-13-12-30(16-19-4-2-3-5-25(19)38)11-10-20(17-30)27-34-36-37-35-27;1-38-27-14-20(6-9-25(27)34-28(36)23-15-22(32)7-8-24(23)31)29(37)35-13-12-30(11-10-19(16-30)18-33)17-21-4-2-3-5-26(21)35;1-3-2;/h2-9,14-15,17H,10-13,16H2,1H3,(H,33,39)(H,34,35,36,37);2-9,14-16H,10-13,17H2,1H3,(H,34,36);;/q;;-1;+1/t2*30-;;/m01../s1. The minimum atomic E-state index is -0.597. The second-order valence-corrected chi connectivity index (χ2v) is 20.8. The Hall–Kier alpha value is -8.41. The Labute approximate surface area is 508 Å². The molecule has 0 bridgehead atoms. The van der Waals surface area contributed by atoms with Gasteiger partial charge in [0.05, 0.1) is 52.8 Å². The van der Waals surface area contributed by atoms with Gasteiger partial charge in [-0.2, -0.15) is 10.5 Å². The summed E-state index contributed by atoms with van der Waals surface area (Å²) in [5, 5.41) is 29.6. The van der Waals surface area contributed by atoms with Crippen LogP contribution in [0.3, 0.4) is 0 Å². The second-order valence-electron chi connectivity index (χ2n) is 20.0. The summed E-state index contributed by atoms with van der Waals surface area (Å²) in [6, 6.07) is 34.9. The predicted molar refractivity (Wildman–Crippen MR) is 307 cm³/mol. The van der Waals surface area contributed by atoms with E-state index in [1.807, 2.05) is 47.4 Å². The summed E-state index contributed by atoms with van der Waals surface area (Å²) in [4.78, 5) is 58.4. The first-order chi connectivity index (χ1) is 39.6. The Kier molecular flexibility index (Phi) is 19.5. The van der Waals surface area contributed by atoms with Crippen molar-refractivity contribution in [3.63, 3.8) is 0 Å². The van der Waals surface area contributed by atoms with E-state index in [0.717, 1.165) is 97.1 Å². The summed E-state index contributed by atoms with van der Waals surface area (Å²) in [6.45, 7) is 1.02. The number of aromatic amines is 1. The maximum absolute atomic E-state index is 14.0. The number of fused-ring (bicyclic) bond motifs is 2. The fraction of sp³-hybridized carbons (Fsp3) is 0.233. The van der Waals surface area contributed by atoms with E-state index in [-0.39, 0.29) is 79.1 Å². The van der Waals surface area contributed by atoms with Crippen LogP contribution in [0.15, 0.2) is 139 Å². The number of nitriles is 1. The van der Waals surface area contributed by atoms with Crippen LogP contribution in [0, 0.1) is 33.8 Å². The molecule has 2 atom stereocenters. The van der Waals surface area contributed by atoms with Gasteiger partial charge >= 0.3 is 29.6 Å². The van der Waals surface area contributed by atoms with Crippen molar-refractivity contribution in [1.29, 1.82) is 5.26 Å². The van der Waals surface area contributed by atoms with Gasteiger partial charge in [0.1, 0.15) is 23.1 Å². The predicted octanol–water partition coefficient (Wildman–Crippen LogP) is 10.1. The van der Waals surface area contributed by atoms with Crippen LogP contribution < -0.4 is 59.5 Å². The van der Waals surface area contributed by atoms with Gasteiger partial charge in [-0.3, -0.25) is 24.1 Å². The van der Waals surface area contributed by atoms with Crippen LogP contribution in [0.25, 0.3) is 21.5 Å². The molecule has 83 heavy (non-hydrogen) atoms. The molecule has 3 N–H and O–H groups in total. The summed E-state index contributed by atoms with van der Waals surface area (Å²) >= 11 is 12.2. The molecule has 0 radical (unpaired) electrons. The van der Waals surface area contributed by atoms with E-state index < -0.39 is 23.4 Å². The van der Waals surface area contributed by atoms with Crippen LogP contribution in [0.4, 0.5) is 31.5 Å². The van der Waals surface area contributed by atoms with E-state index in [2.05, 4.69) is 55.5 Å². The molecule has 2 spiro atoms. The van der Waals surface area contributed by atoms with Crippen LogP contribution in [0.1, 0.15) is 96.9 Å². The summed E-state index contributed by atoms with van der Waals surface area (Å²) < 4.78 is 38.4. The van der Waals surface area contributed by atoms with Gasteiger partial charge in [-0.25, -0.2) is 8.78 Å². The van der Waals surface area contributed by atoms with Crippen molar-refractivity contribution in [2.75, 3.05) is 47.7 Å². The van der Waals surface area contributed by atoms with E-state index in [1.54, 1.807) is 41.3 Å². The third-order valence-corrected chi connectivity index (χ3v) is 15.7. The number of methoxy groups -OCH3 is 2. The average molecular weight is 1170 g/mol. The van der Waals surface area contributed by atoms with Crippen molar-refractivity contribution in [1.82, 2.24) is 20.6 Å². The van der Waals surface area contributed by atoms with Crippen molar-refractivity contribution in [3.8, 4) is 17.6 Å². The first kappa shape index (κ1) is 60.7. The molecule has 23 heteroatoms. The molecule has 0 saturated carbocycles. The third-order valence-electron chi connectivity index (χ3n) is 15.1. The normalized spacial score (nSPS) is 17.4. The number of amides is 4. The number of H-pyrrole nitrogens is 1. The van der Waals surface area contributed by atoms with Crippen molar-refractivity contribution in [2.24, 2.45) is 10.8 Å². The van der Waals surface area contributed by atoms with Gasteiger partial charge in [0.15, 0.2) is 5.82 Å². The summed E-state index contributed by atoms with van der Waals surface area (Å²) in [7, 11) is 2.89. The van der Waals surface area contributed by atoms with Crippen molar-refractivity contribution in [2.45, 2.75) is 51.4 Å². The fourth-order valence-electron chi connectivity index (χ4n) is 11.0. The number of tetrazole rings is 1. The number of hydrogen-bond donors (Lipinski definition) is 3. The Morgan fingerprint density at radius 2 is 1.14 bits per heavy atom. The molecule has 4 aliphatic rings. The number of carbonyl (C=O) groups excluding carboxylic acids is 4. The molecule has 3 heterocycles. The number of carbonyl (C=O) groups is 4. The second kappa shape index (κ2) is 26.7. The van der Waals surface area contributed by atoms with E-state index in [4.69, 9.17) is 43.7 Å². The molecule has 1 aromatic heterocycles. The number of anilines is 4. The number of nitrogens with one attached hydrogen (secondary N) is 3. The van der Waals surface area contributed by atoms with Gasteiger partial charge in [-0.15, -0.1) is 10.2 Å². The van der Waals surface area contributed by atoms with Crippen LogP contribution >= 0.6 is 23.2 Å². The van der Waals surface area contributed by atoms with Crippen LogP contribution in [-0.2, 0) is 12.8 Å². The zero-order valence-corrected chi connectivity index (χ0v) is 48.8. The van der Waals surface area contributed by atoms with Crippen LogP contribution in [-0.4, -0.2) is 71.6 Å². The SMILES string of the molecule is COc1cc(C(=O)N2CC[C@]3(C=C(C#N)CC3)Cc3ccccc32)ccc1NC(=O)c1cc(F)ccc1Cl.COc1cc(C(=O)N2CC[C@]3(C=C(c4nn[nH]n4)CC3)Cc3ccccc32)ccc1NC(=O)c1cc(F)ccc1Cl.[N-]=[N+]=[N-].[Na+]. The Balaban J connectivity index is 0.000000205. The van der Waals surface area contributed by atoms with E-state index in [0.29, 0.717) is 47.2 Å². The minimum absolute atomic E-state index is 0. The zero-order valence-electron chi connectivity index (χ0n) is 45.3. The van der Waals surface area contributed by atoms with Crippen molar-refractivity contribution < 1.29 is 67.0 Å². The monoisotopic (exact) mass is 1170 g/mol. The maximum Gasteiger partial charge on any atom is 1.00 e.